The van der Waals surface area contributed by atoms with Gasteiger partial charge < -0.3 is 0 Å². The standard InChI is InChI=1S/C50H31N3/c1-2-15-34(16-3-1)47-51-48(53-49(52-47)40-23-12-17-32-14-4-5-18-36(32)40)35-30-28-33(29-31-35)37-22-13-27-45-46(37)41-21-8-11-26-44(41)50(45)42-24-9-6-19-38(42)39-20-7-10-25-43(39)50/h1-31H. The monoisotopic (exact) mass is 673 g/mol. The topological polar surface area (TPSA) is 38.7 Å². The van der Waals surface area contributed by atoms with Gasteiger partial charge in [0, 0.05) is 16.7 Å². The molecule has 53 heavy (non-hydrogen) atoms. The molecule has 0 atom stereocenters. The lowest BCUT2D eigenvalue weighted by Crippen LogP contribution is -2.25. The highest BCUT2D eigenvalue weighted by Crippen LogP contribution is 2.63. The molecule has 2 aliphatic carbocycles. The Bertz CT molecular complexity index is 2840. The molecule has 3 nitrogen and oxygen atoms in total. The minimum Gasteiger partial charge on any atom is -0.208 e. The molecule has 0 N–H and O–H groups in total. The van der Waals surface area contributed by atoms with Gasteiger partial charge in [0.1, 0.15) is 0 Å². The van der Waals surface area contributed by atoms with Gasteiger partial charge in [-0.1, -0.05) is 188 Å². The first-order valence-electron chi connectivity index (χ1n) is 18.1. The van der Waals surface area contributed by atoms with Crippen molar-refractivity contribution >= 4 is 10.8 Å². The third-order valence-electron chi connectivity index (χ3n) is 11.2. The second-order valence-electron chi connectivity index (χ2n) is 13.9. The molecule has 1 aromatic heterocycles. The highest BCUT2D eigenvalue weighted by molar-refractivity contribution is 6.00. The molecule has 1 spiro atoms. The van der Waals surface area contributed by atoms with Crippen molar-refractivity contribution < 1.29 is 0 Å². The van der Waals surface area contributed by atoms with Crippen molar-refractivity contribution in [3.63, 3.8) is 0 Å². The van der Waals surface area contributed by atoms with E-state index in [2.05, 4.69) is 170 Å². The second kappa shape index (κ2) is 11.5. The molecule has 0 bridgehead atoms. The number of aromatic nitrogens is 3. The number of hydrogen-bond donors (Lipinski definition) is 0. The molecule has 11 rings (SSSR count). The molecule has 0 saturated carbocycles. The maximum Gasteiger partial charge on any atom is 0.164 e. The average Bonchev–Trinajstić information content (AvgIpc) is 3.71. The Morgan fingerprint density at radius 1 is 0.283 bits per heavy atom. The summed E-state index contributed by atoms with van der Waals surface area (Å²) in [5.41, 5.74) is 15.5. The predicted octanol–water partition coefficient (Wildman–Crippen LogP) is 12.0. The van der Waals surface area contributed by atoms with Crippen LogP contribution in [-0.4, -0.2) is 15.0 Å². The zero-order chi connectivity index (χ0) is 34.9. The Morgan fingerprint density at radius 2 is 0.736 bits per heavy atom. The van der Waals surface area contributed by atoms with E-state index < -0.39 is 0 Å². The summed E-state index contributed by atoms with van der Waals surface area (Å²) in [5, 5.41) is 2.27. The van der Waals surface area contributed by atoms with E-state index in [-0.39, 0.29) is 5.41 Å². The van der Waals surface area contributed by atoms with Crippen molar-refractivity contribution in [2.24, 2.45) is 0 Å². The van der Waals surface area contributed by atoms with E-state index in [1.807, 2.05) is 18.2 Å². The molecule has 0 fully saturated rings. The molecule has 0 amide bonds. The Morgan fingerprint density at radius 3 is 1.45 bits per heavy atom. The average molecular weight is 674 g/mol. The largest absolute Gasteiger partial charge is 0.208 e. The lowest BCUT2D eigenvalue weighted by atomic mass is 9.70. The third-order valence-corrected chi connectivity index (χ3v) is 11.2. The van der Waals surface area contributed by atoms with Crippen LogP contribution in [0, 0.1) is 0 Å². The molecular weight excluding hydrogens is 643 g/mol. The van der Waals surface area contributed by atoms with Crippen LogP contribution < -0.4 is 0 Å². The smallest absolute Gasteiger partial charge is 0.164 e. The van der Waals surface area contributed by atoms with Gasteiger partial charge in [-0.05, 0) is 66.4 Å². The first kappa shape index (κ1) is 29.7. The maximum atomic E-state index is 5.11. The summed E-state index contributed by atoms with van der Waals surface area (Å²) in [6.07, 6.45) is 0. The Labute approximate surface area is 308 Å². The van der Waals surface area contributed by atoms with Crippen LogP contribution in [0.5, 0.6) is 0 Å². The quantitative estimate of drug-likeness (QED) is 0.187. The highest BCUT2D eigenvalue weighted by Gasteiger charge is 2.51. The van der Waals surface area contributed by atoms with Crippen LogP contribution in [-0.2, 0) is 5.41 Å². The molecule has 0 radical (unpaired) electrons. The van der Waals surface area contributed by atoms with Crippen molar-refractivity contribution in [1.29, 1.82) is 0 Å². The predicted molar refractivity (Wildman–Crippen MR) is 215 cm³/mol. The summed E-state index contributed by atoms with van der Waals surface area (Å²) in [4.78, 5) is 15.2. The molecular formula is C50H31N3. The number of fused-ring (bicyclic) bond motifs is 11. The normalized spacial score (nSPS) is 13.1. The lowest BCUT2D eigenvalue weighted by Gasteiger charge is -2.30. The van der Waals surface area contributed by atoms with Gasteiger partial charge in [0.2, 0.25) is 0 Å². The van der Waals surface area contributed by atoms with Gasteiger partial charge in [-0.2, -0.15) is 0 Å². The SMILES string of the molecule is c1ccc(-c2nc(-c3ccc(-c4cccc5c4-c4ccccc4C54c5ccccc5-c5ccccc54)cc3)nc(-c3cccc4ccccc34)n2)cc1. The Balaban J connectivity index is 1.07. The van der Waals surface area contributed by atoms with Gasteiger partial charge in [0.15, 0.2) is 17.5 Å². The number of hydrogen-bond acceptors (Lipinski definition) is 3. The summed E-state index contributed by atoms with van der Waals surface area (Å²) in [5.74, 6) is 1.97. The molecule has 3 heteroatoms. The van der Waals surface area contributed by atoms with Gasteiger partial charge in [-0.3, -0.25) is 0 Å². The van der Waals surface area contributed by atoms with Crippen LogP contribution in [0.4, 0.5) is 0 Å². The molecule has 8 aromatic carbocycles. The van der Waals surface area contributed by atoms with Gasteiger partial charge in [-0.25, -0.2) is 15.0 Å². The molecule has 0 saturated heterocycles. The second-order valence-corrected chi connectivity index (χ2v) is 13.9. The van der Waals surface area contributed by atoms with Crippen LogP contribution in [0.15, 0.2) is 188 Å². The van der Waals surface area contributed by atoms with Crippen LogP contribution in [0.25, 0.3) is 78.3 Å². The molecule has 246 valence electrons. The number of benzene rings is 8. The van der Waals surface area contributed by atoms with Crippen molar-refractivity contribution in [2.75, 3.05) is 0 Å². The van der Waals surface area contributed by atoms with Crippen LogP contribution >= 0.6 is 0 Å². The minimum absolute atomic E-state index is 0.369. The molecule has 2 aliphatic rings. The van der Waals surface area contributed by atoms with E-state index in [1.165, 1.54) is 50.1 Å². The van der Waals surface area contributed by atoms with E-state index in [4.69, 9.17) is 15.0 Å². The zero-order valence-corrected chi connectivity index (χ0v) is 28.7. The summed E-state index contributed by atoms with van der Waals surface area (Å²) in [6.45, 7) is 0. The van der Waals surface area contributed by atoms with Crippen molar-refractivity contribution in [3.8, 4) is 67.5 Å². The van der Waals surface area contributed by atoms with Crippen molar-refractivity contribution in [3.05, 3.63) is 210 Å². The van der Waals surface area contributed by atoms with E-state index in [9.17, 15) is 0 Å². The highest BCUT2D eigenvalue weighted by atomic mass is 15.0. The van der Waals surface area contributed by atoms with Crippen molar-refractivity contribution in [2.45, 2.75) is 5.41 Å². The van der Waals surface area contributed by atoms with E-state index in [0.717, 1.165) is 33.0 Å². The summed E-state index contributed by atoms with van der Waals surface area (Å²) < 4.78 is 0. The van der Waals surface area contributed by atoms with E-state index in [0.29, 0.717) is 17.5 Å². The zero-order valence-electron chi connectivity index (χ0n) is 28.7. The number of rotatable bonds is 4. The summed E-state index contributed by atoms with van der Waals surface area (Å²) in [7, 11) is 0. The molecule has 1 heterocycles. The summed E-state index contributed by atoms with van der Waals surface area (Å²) >= 11 is 0. The van der Waals surface area contributed by atoms with Crippen LogP contribution in [0.1, 0.15) is 22.3 Å². The molecule has 0 unspecified atom stereocenters. The van der Waals surface area contributed by atoms with Gasteiger partial charge in [0.25, 0.3) is 0 Å². The van der Waals surface area contributed by atoms with Crippen molar-refractivity contribution in [1.82, 2.24) is 15.0 Å². The van der Waals surface area contributed by atoms with E-state index >= 15 is 0 Å². The van der Waals surface area contributed by atoms with Gasteiger partial charge in [0.05, 0.1) is 5.41 Å². The summed E-state index contributed by atoms with van der Waals surface area (Å²) in [6, 6.07) is 67.4. The van der Waals surface area contributed by atoms with Crippen LogP contribution in [0.2, 0.25) is 0 Å². The lowest BCUT2D eigenvalue weighted by molar-refractivity contribution is 0.794. The molecule has 9 aromatic rings. The fourth-order valence-electron chi connectivity index (χ4n) is 8.95. The van der Waals surface area contributed by atoms with Crippen LogP contribution in [0.3, 0.4) is 0 Å². The fraction of sp³-hybridized carbons (Fsp3) is 0.0200. The molecule has 0 aliphatic heterocycles. The first-order chi connectivity index (χ1) is 26.3. The Hall–Kier alpha value is -6.97. The first-order valence-corrected chi connectivity index (χ1v) is 18.1. The number of nitrogens with zero attached hydrogens (tertiary/aromatic N) is 3. The third kappa shape index (κ3) is 4.31. The maximum absolute atomic E-state index is 5.11. The van der Waals surface area contributed by atoms with Gasteiger partial charge >= 0.3 is 0 Å². The van der Waals surface area contributed by atoms with Gasteiger partial charge in [-0.15, -0.1) is 0 Å². The fourth-order valence-corrected chi connectivity index (χ4v) is 8.95. The minimum atomic E-state index is -0.369. The Kier molecular flexibility index (Phi) is 6.47. The van der Waals surface area contributed by atoms with E-state index in [1.54, 1.807) is 0 Å².